The Balaban J connectivity index is 3.60. The van der Waals surface area contributed by atoms with Crippen LogP contribution in [0.2, 0.25) is 0 Å². The molecule has 0 unspecified atom stereocenters. The summed E-state index contributed by atoms with van der Waals surface area (Å²) >= 11 is 0. The van der Waals surface area contributed by atoms with Gasteiger partial charge in [0.15, 0.2) is 5.75 Å². The number of aromatic hydroxyl groups is 1. The monoisotopic (exact) mass is 181 g/mol. The molecule has 6 heteroatoms. The molecule has 12 heavy (non-hydrogen) atoms. The molecule has 0 fully saturated rings. The first-order valence-electron chi connectivity index (χ1n) is 2.68. The normalized spacial score (nSPS) is 10.3. The van der Waals surface area contributed by atoms with E-state index in [1.807, 2.05) is 0 Å². The summed E-state index contributed by atoms with van der Waals surface area (Å²) in [7, 11) is 0. The molecule has 0 aliphatic carbocycles. The molecular formula is C6HF4O2. The van der Waals surface area contributed by atoms with Gasteiger partial charge in [0.2, 0.25) is 23.3 Å². The zero-order chi connectivity index (χ0) is 9.46. The minimum atomic E-state index is -2.13. The summed E-state index contributed by atoms with van der Waals surface area (Å²) in [5.41, 5.74) is 0. The van der Waals surface area contributed by atoms with Crippen LogP contribution in [0.4, 0.5) is 17.6 Å². The van der Waals surface area contributed by atoms with Gasteiger partial charge in [-0.2, -0.15) is 17.6 Å². The van der Waals surface area contributed by atoms with Gasteiger partial charge in [0.25, 0.3) is 5.75 Å². The SMILES string of the molecule is [O]c1c(F)c(F)c(O)c(F)c1F. The minimum Gasteiger partial charge on any atom is -0.503 e. The van der Waals surface area contributed by atoms with E-state index in [-0.39, 0.29) is 0 Å². The summed E-state index contributed by atoms with van der Waals surface area (Å²) in [6.45, 7) is 0. The van der Waals surface area contributed by atoms with Crippen LogP contribution in [0.3, 0.4) is 0 Å². The fourth-order valence-corrected chi connectivity index (χ4v) is 0.600. The Morgan fingerprint density at radius 1 is 0.833 bits per heavy atom. The first-order valence-corrected chi connectivity index (χ1v) is 2.68. The standard InChI is InChI=1S/C6HF4O2/c7-1-2(8)6(12)4(10)3(9)5(1)11/h11H. The highest BCUT2D eigenvalue weighted by molar-refractivity contribution is 5.36. The van der Waals surface area contributed by atoms with Crippen LogP contribution in [0.25, 0.3) is 0 Å². The Morgan fingerprint density at radius 2 is 1.17 bits per heavy atom. The Bertz CT molecular complexity index is 232. The molecule has 1 radical (unpaired) electrons. The predicted molar refractivity (Wildman–Crippen MR) is 28.1 cm³/mol. The van der Waals surface area contributed by atoms with Crippen LogP contribution in [0.1, 0.15) is 0 Å². The fraction of sp³-hybridized carbons (Fsp3) is 0. The second-order valence-corrected chi connectivity index (χ2v) is 1.93. The quantitative estimate of drug-likeness (QED) is 0.483. The fourth-order valence-electron chi connectivity index (χ4n) is 0.600. The number of hydrogen-bond acceptors (Lipinski definition) is 1. The number of phenols is 1. The number of phenolic OH excluding ortho intramolecular Hbond substituents is 1. The summed E-state index contributed by atoms with van der Waals surface area (Å²) in [6.07, 6.45) is 0. The molecule has 0 saturated carbocycles. The summed E-state index contributed by atoms with van der Waals surface area (Å²) in [4.78, 5) is 0. The largest absolute Gasteiger partial charge is 0.503 e. The van der Waals surface area contributed by atoms with E-state index < -0.39 is 34.8 Å². The first-order chi connectivity index (χ1) is 5.46. The van der Waals surface area contributed by atoms with Crippen LogP contribution in [0.15, 0.2) is 0 Å². The molecule has 65 valence electrons. The topological polar surface area (TPSA) is 40.1 Å². The first kappa shape index (κ1) is 8.63. The lowest BCUT2D eigenvalue weighted by Gasteiger charge is -2.00. The Kier molecular flexibility index (Phi) is 1.83. The van der Waals surface area contributed by atoms with Crippen molar-refractivity contribution < 1.29 is 27.8 Å². The van der Waals surface area contributed by atoms with Crippen molar-refractivity contribution in [2.24, 2.45) is 0 Å². The molecule has 0 bridgehead atoms. The van der Waals surface area contributed by atoms with Crippen molar-refractivity contribution in [3.8, 4) is 11.5 Å². The lowest BCUT2D eigenvalue weighted by atomic mass is 10.2. The average Bonchev–Trinajstić information content (AvgIpc) is 2.08. The molecule has 0 aromatic heterocycles. The summed E-state index contributed by atoms with van der Waals surface area (Å²) in [5, 5.41) is 18.5. The van der Waals surface area contributed by atoms with Crippen molar-refractivity contribution in [2.45, 2.75) is 0 Å². The van der Waals surface area contributed by atoms with Crippen LogP contribution >= 0.6 is 0 Å². The van der Waals surface area contributed by atoms with Crippen molar-refractivity contribution >= 4 is 0 Å². The van der Waals surface area contributed by atoms with Crippen LogP contribution < -0.4 is 0 Å². The van der Waals surface area contributed by atoms with Crippen molar-refractivity contribution in [3.05, 3.63) is 23.3 Å². The molecule has 2 nitrogen and oxygen atoms in total. The van der Waals surface area contributed by atoms with E-state index in [1.165, 1.54) is 0 Å². The van der Waals surface area contributed by atoms with Crippen molar-refractivity contribution in [3.63, 3.8) is 0 Å². The molecule has 0 amide bonds. The third-order valence-electron chi connectivity index (χ3n) is 1.20. The zero-order valence-corrected chi connectivity index (χ0v) is 5.37. The van der Waals surface area contributed by atoms with Crippen molar-refractivity contribution in [2.75, 3.05) is 0 Å². The van der Waals surface area contributed by atoms with Crippen LogP contribution in [-0.2, 0) is 5.11 Å². The van der Waals surface area contributed by atoms with E-state index in [0.717, 1.165) is 0 Å². The third kappa shape index (κ3) is 0.956. The molecular weight excluding hydrogens is 180 g/mol. The highest BCUT2D eigenvalue weighted by Crippen LogP contribution is 2.32. The lowest BCUT2D eigenvalue weighted by molar-refractivity contribution is 0.273. The molecule has 0 atom stereocenters. The maximum Gasteiger partial charge on any atom is 0.256 e. The summed E-state index contributed by atoms with van der Waals surface area (Å²) in [6, 6.07) is 0. The molecule has 0 spiro atoms. The van der Waals surface area contributed by atoms with Gasteiger partial charge in [-0.3, -0.25) is 5.11 Å². The van der Waals surface area contributed by atoms with Crippen LogP contribution in [0, 0.1) is 23.3 Å². The molecule has 1 rings (SSSR count). The van der Waals surface area contributed by atoms with Gasteiger partial charge < -0.3 is 5.11 Å². The Labute approximate surface area is 63.7 Å². The van der Waals surface area contributed by atoms with Crippen LogP contribution in [0.5, 0.6) is 11.5 Å². The smallest absolute Gasteiger partial charge is 0.256 e. The molecule has 1 N–H and O–H groups in total. The van der Waals surface area contributed by atoms with Gasteiger partial charge in [-0.1, -0.05) is 0 Å². The second kappa shape index (κ2) is 2.54. The van der Waals surface area contributed by atoms with E-state index in [2.05, 4.69) is 0 Å². The van der Waals surface area contributed by atoms with E-state index >= 15 is 0 Å². The predicted octanol–water partition coefficient (Wildman–Crippen LogP) is 2.09. The summed E-state index contributed by atoms with van der Waals surface area (Å²) in [5.74, 6) is -12.3. The second-order valence-electron chi connectivity index (χ2n) is 1.93. The highest BCUT2D eigenvalue weighted by atomic mass is 19.2. The molecule has 0 heterocycles. The van der Waals surface area contributed by atoms with Gasteiger partial charge in [-0.05, 0) is 0 Å². The number of halogens is 4. The van der Waals surface area contributed by atoms with E-state index in [1.54, 1.807) is 0 Å². The lowest BCUT2D eigenvalue weighted by Crippen LogP contribution is -1.94. The molecule has 0 aliphatic heterocycles. The van der Waals surface area contributed by atoms with Gasteiger partial charge in [0, 0.05) is 0 Å². The van der Waals surface area contributed by atoms with Gasteiger partial charge in [-0.25, -0.2) is 0 Å². The molecule has 1 aromatic carbocycles. The van der Waals surface area contributed by atoms with E-state index in [0.29, 0.717) is 0 Å². The van der Waals surface area contributed by atoms with Gasteiger partial charge in [-0.15, -0.1) is 0 Å². The third-order valence-corrected chi connectivity index (χ3v) is 1.20. The van der Waals surface area contributed by atoms with Gasteiger partial charge >= 0.3 is 0 Å². The molecule has 1 aromatic rings. The van der Waals surface area contributed by atoms with Crippen molar-refractivity contribution in [1.29, 1.82) is 0 Å². The number of rotatable bonds is 0. The van der Waals surface area contributed by atoms with Gasteiger partial charge in [0.1, 0.15) is 0 Å². The minimum absolute atomic E-state index is 1.83. The van der Waals surface area contributed by atoms with Gasteiger partial charge in [0.05, 0.1) is 0 Å². The van der Waals surface area contributed by atoms with E-state index in [9.17, 15) is 22.7 Å². The van der Waals surface area contributed by atoms with Crippen LogP contribution in [-0.4, -0.2) is 5.11 Å². The Morgan fingerprint density at radius 3 is 1.50 bits per heavy atom. The number of hydrogen-bond donors (Lipinski definition) is 1. The number of benzene rings is 1. The molecule has 0 aliphatic rings. The maximum atomic E-state index is 12.2. The summed E-state index contributed by atoms with van der Waals surface area (Å²) < 4.78 is 48.8. The maximum absolute atomic E-state index is 12.2. The average molecular weight is 181 g/mol. The highest BCUT2D eigenvalue weighted by Gasteiger charge is 2.25. The molecule has 0 saturated heterocycles. The Hall–Kier alpha value is -1.46. The van der Waals surface area contributed by atoms with Crippen molar-refractivity contribution in [1.82, 2.24) is 0 Å². The van der Waals surface area contributed by atoms with E-state index in [4.69, 9.17) is 5.11 Å². The zero-order valence-electron chi connectivity index (χ0n) is 5.37.